The van der Waals surface area contributed by atoms with Crippen molar-refractivity contribution in [1.29, 1.82) is 0 Å². The van der Waals surface area contributed by atoms with E-state index in [1.54, 1.807) is 21.8 Å². The van der Waals surface area contributed by atoms with Gasteiger partial charge in [0.05, 0.1) is 29.3 Å². The van der Waals surface area contributed by atoms with Crippen LogP contribution in [-0.2, 0) is 4.79 Å². The molecule has 1 saturated heterocycles. The number of aromatic amines is 1. The van der Waals surface area contributed by atoms with Crippen molar-refractivity contribution in [3.05, 3.63) is 60.0 Å². The minimum Gasteiger partial charge on any atom is -0.340 e. The molecule has 1 aliphatic rings. The van der Waals surface area contributed by atoms with Crippen LogP contribution in [0.1, 0.15) is 22.5 Å². The minimum absolute atomic E-state index is 0.143. The lowest BCUT2D eigenvalue weighted by atomic mass is 10.2. The standard InChI is InChI=1S/C18H18N6O2/c1-12-14(11-20-24(12)13-5-3-2-4-6-13)17(25)21-15-8-10-23(18(15)26)16-7-9-19-22-16/h2-7,9,11,15H,8,10H2,1H3,(H,19,22)(H,21,25). The van der Waals surface area contributed by atoms with E-state index in [4.69, 9.17) is 0 Å². The third kappa shape index (κ3) is 2.75. The zero-order chi connectivity index (χ0) is 18.1. The summed E-state index contributed by atoms with van der Waals surface area (Å²) in [6.07, 6.45) is 3.68. The number of amides is 2. The normalized spacial score (nSPS) is 16.9. The lowest BCUT2D eigenvalue weighted by molar-refractivity contribution is -0.118. The Kier molecular flexibility index (Phi) is 4.00. The van der Waals surface area contributed by atoms with E-state index in [1.165, 1.54) is 6.20 Å². The topological polar surface area (TPSA) is 95.9 Å². The molecule has 1 aromatic carbocycles. The van der Waals surface area contributed by atoms with Gasteiger partial charge in [-0.25, -0.2) is 4.68 Å². The van der Waals surface area contributed by atoms with Crippen LogP contribution in [0.5, 0.6) is 0 Å². The molecule has 0 bridgehead atoms. The molecule has 1 fully saturated rings. The summed E-state index contributed by atoms with van der Waals surface area (Å²) in [5.74, 6) is 0.199. The summed E-state index contributed by atoms with van der Waals surface area (Å²) < 4.78 is 1.71. The van der Waals surface area contributed by atoms with E-state index in [2.05, 4.69) is 20.6 Å². The maximum Gasteiger partial charge on any atom is 0.255 e. The van der Waals surface area contributed by atoms with Gasteiger partial charge in [0.2, 0.25) is 0 Å². The highest BCUT2D eigenvalue weighted by Crippen LogP contribution is 2.20. The number of rotatable bonds is 4. The third-order valence-electron chi connectivity index (χ3n) is 4.54. The minimum atomic E-state index is -0.551. The summed E-state index contributed by atoms with van der Waals surface area (Å²) in [6.45, 7) is 2.37. The van der Waals surface area contributed by atoms with Crippen LogP contribution in [0.2, 0.25) is 0 Å². The molecular weight excluding hydrogens is 332 g/mol. The van der Waals surface area contributed by atoms with Gasteiger partial charge in [0.25, 0.3) is 11.8 Å². The molecule has 0 aliphatic carbocycles. The Morgan fingerprint density at radius 3 is 2.81 bits per heavy atom. The SMILES string of the molecule is Cc1c(C(=O)NC2CCN(c3ccn[nH]3)C2=O)cnn1-c1ccccc1. The van der Waals surface area contributed by atoms with E-state index in [0.717, 1.165) is 11.4 Å². The second-order valence-electron chi connectivity index (χ2n) is 6.14. The molecule has 8 nitrogen and oxygen atoms in total. The van der Waals surface area contributed by atoms with Crippen molar-refractivity contribution in [3.63, 3.8) is 0 Å². The van der Waals surface area contributed by atoms with E-state index in [1.807, 2.05) is 37.3 Å². The van der Waals surface area contributed by atoms with Crippen LogP contribution in [0.3, 0.4) is 0 Å². The highest BCUT2D eigenvalue weighted by molar-refractivity contribution is 6.03. The fourth-order valence-electron chi connectivity index (χ4n) is 3.15. The number of hydrogen-bond acceptors (Lipinski definition) is 4. The Morgan fingerprint density at radius 2 is 2.08 bits per heavy atom. The number of H-pyrrole nitrogens is 1. The van der Waals surface area contributed by atoms with Gasteiger partial charge in [-0.15, -0.1) is 0 Å². The fraction of sp³-hybridized carbons (Fsp3) is 0.222. The van der Waals surface area contributed by atoms with Gasteiger partial charge < -0.3 is 5.32 Å². The van der Waals surface area contributed by atoms with E-state index in [9.17, 15) is 9.59 Å². The number of aromatic nitrogens is 4. The third-order valence-corrected chi connectivity index (χ3v) is 4.54. The first-order valence-electron chi connectivity index (χ1n) is 8.37. The molecule has 3 aromatic rings. The van der Waals surface area contributed by atoms with E-state index >= 15 is 0 Å². The van der Waals surface area contributed by atoms with Crippen molar-refractivity contribution in [2.45, 2.75) is 19.4 Å². The molecule has 0 saturated carbocycles. The van der Waals surface area contributed by atoms with Gasteiger partial charge in [0.1, 0.15) is 11.9 Å². The Hall–Kier alpha value is -3.42. The number of carbonyl (C=O) groups excluding carboxylic acids is 2. The second kappa shape index (κ2) is 6.47. The highest BCUT2D eigenvalue weighted by Gasteiger charge is 2.34. The molecule has 0 spiro atoms. The van der Waals surface area contributed by atoms with Crippen molar-refractivity contribution in [3.8, 4) is 5.69 Å². The number of anilines is 1. The molecule has 3 heterocycles. The first kappa shape index (κ1) is 16.1. The summed E-state index contributed by atoms with van der Waals surface area (Å²) >= 11 is 0. The number of benzene rings is 1. The molecule has 132 valence electrons. The van der Waals surface area contributed by atoms with Crippen molar-refractivity contribution >= 4 is 17.6 Å². The molecule has 1 unspecified atom stereocenters. The van der Waals surface area contributed by atoms with Crippen LogP contribution >= 0.6 is 0 Å². The number of carbonyl (C=O) groups is 2. The summed E-state index contributed by atoms with van der Waals surface area (Å²) in [6, 6.07) is 10.8. The summed E-state index contributed by atoms with van der Waals surface area (Å²) in [5, 5.41) is 13.8. The van der Waals surface area contributed by atoms with Crippen molar-refractivity contribution in [2.24, 2.45) is 0 Å². The average molecular weight is 350 g/mol. The predicted molar refractivity (Wildman–Crippen MR) is 95.1 cm³/mol. The van der Waals surface area contributed by atoms with Crippen LogP contribution < -0.4 is 10.2 Å². The highest BCUT2D eigenvalue weighted by atomic mass is 16.2. The van der Waals surface area contributed by atoms with E-state index < -0.39 is 6.04 Å². The fourth-order valence-corrected chi connectivity index (χ4v) is 3.15. The molecule has 2 aromatic heterocycles. The number of nitrogens with zero attached hydrogens (tertiary/aromatic N) is 4. The molecule has 2 amide bonds. The zero-order valence-electron chi connectivity index (χ0n) is 14.2. The first-order chi connectivity index (χ1) is 12.6. The molecule has 4 rings (SSSR count). The van der Waals surface area contributed by atoms with Crippen LogP contribution in [0.4, 0.5) is 5.82 Å². The summed E-state index contributed by atoms with van der Waals surface area (Å²) in [4.78, 5) is 26.8. The van der Waals surface area contributed by atoms with Crippen LogP contribution in [0.25, 0.3) is 5.69 Å². The lowest BCUT2D eigenvalue weighted by Gasteiger charge is -2.15. The van der Waals surface area contributed by atoms with Crippen molar-refractivity contribution in [2.75, 3.05) is 11.4 Å². The van der Waals surface area contributed by atoms with E-state index in [0.29, 0.717) is 24.3 Å². The summed E-state index contributed by atoms with van der Waals surface area (Å²) in [7, 11) is 0. The summed E-state index contributed by atoms with van der Waals surface area (Å²) in [5.41, 5.74) is 2.07. The van der Waals surface area contributed by atoms with Crippen LogP contribution in [-0.4, -0.2) is 44.4 Å². The second-order valence-corrected chi connectivity index (χ2v) is 6.14. The van der Waals surface area contributed by atoms with Gasteiger partial charge in [0.15, 0.2) is 0 Å². The van der Waals surface area contributed by atoms with Gasteiger partial charge >= 0.3 is 0 Å². The Bertz CT molecular complexity index is 932. The lowest BCUT2D eigenvalue weighted by Crippen LogP contribution is -2.41. The van der Waals surface area contributed by atoms with Gasteiger partial charge in [-0.05, 0) is 25.5 Å². The largest absolute Gasteiger partial charge is 0.340 e. The molecule has 2 N–H and O–H groups in total. The smallest absolute Gasteiger partial charge is 0.255 e. The molecule has 1 aliphatic heterocycles. The van der Waals surface area contributed by atoms with Crippen molar-refractivity contribution < 1.29 is 9.59 Å². The Morgan fingerprint density at radius 1 is 1.27 bits per heavy atom. The van der Waals surface area contributed by atoms with Crippen LogP contribution in [0.15, 0.2) is 48.8 Å². The molecule has 1 atom stereocenters. The molecule has 0 radical (unpaired) electrons. The van der Waals surface area contributed by atoms with Gasteiger partial charge in [-0.2, -0.15) is 10.2 Å². The predicted octanol–water partition coefficient (Wildman–Crippen LogP) is 1.44. The van der Waals surface area contributed by atoms with Gasteiger partial charge in [-0.3, -0.25) is 19.6 Å². The maximum atomic E-state index is 12.6. The maximum absolute atomic E-state index is 12.6. The monoisotopic (exact) mass is 350 g/mol. The number of nitrogens with one attached hydrogen (secondary N) is 2. The van der Waals surface area contributed by atoms with Crippen LogP contribution in [0, 0.1) is 6.92 Å². The number of hydrogen-bond donors (Lipinski definition) is 2. The Balaban J connectivity index is 1.49. The van der Waals surface area contributed by atoms with Crippen molar-refractivity contribution in [1.82, 2.24) is 25.3 Å². The average Bonchev–Trinajstić information content (AvgIpc) is 3.37. The quantitative estimate of drug-likeness (QED) is 0.744. The molecule has 26 heavy (non-hydrogen) atoms. The van der Waals surface area contributed by atoms with Gasteiger partial charge in [0, 0.05) is 12.6 Å². The first-order valence-corrected chi connectivity index (χ1v) is 8.37. The Labute approximate surface area is 149 Å². The number of para-hydroxylation sites is 1. The van der Waals surface area contributed by atoms with Gasteiger partial charge in [-0.1, -0.05) is 18.2 Å². The van der Waals surface area contributed by atoms with E-state index in [-0.39, 0.29) is 11.8 Å². The molecular formula is C18H18N6O2. The molecule has 8 heteroatoms. The zero-order valence-corrected chi connectivity index (χ0v) is 14.2.